The number of rotatable bonds is 10. The number of aliphatic carboxylic acids is 1. The van der Waals surface area contributed by atoms with E-state index < -0.39 is 48.1 Å². The van der Waals surface area contributed by atoms with Crippen LogP contribution in [0.15, 0.2) is 24.3 Å². The fourth-order valence-corrected chi connectivity index (χ4v) is 2.38. The van der Waals surface area contributed by atoms with Gasteiger partial charge in [0.2, 0.25) is 0 Å². The van der Waals surface area contributed by atoms with Crippen molar-refractivity contribution in [3.05, 3.63) is 29.8 Å². The van der Waals surface area contributed by atoms with Gasteiger partial charge in [-0.05, 0) is 37.0 Å². The highest BCUT2D eigenvalue weighted by molar-refractivity contribution is 5.78. The van der Waals surface area contributed by atoms with Gasteiger partial charge in [-0.3, -0.25) is 9.59 Å². The predicted octanol–water partition coefficient (Wildman–Crippen LogP) is 0.425. The van der Waals surface area contributed by atoms with Gasteiger partial charge < -0.3 is 31.8 Å². The number of carbonyl (C=O) groups is 3. The second kappa shape index (κ2) is 10.9. The fourth-order valence-electron chi connectivity index (χ4n) is 2.38. The summed E-state index contributed by atoms with van der Waals surface area (Å²) in [7, 11) is 0. The molecule has 0 aliphatic carbocycles. The van der Waals surface area contributed by atoms with Gasteiger partial charge in [-0.1, -0.05) is 32.9 Å². The van der Waals surface area contributed by atoms with Crippen LogP contribution in [0, 0.1) is 11.8 Å². The highest BCUT2D eigenvalue weighted by Gasteiger charge is 2.29. The SMILES string of the molecule is CC(C)C(N)C(=O)Oc1ccc(C[C@@H](N)C(=O)OC(C)[C@H](C)[C@H](N)C(=O)O)cc1. The minimum atomic E-state index is -1.17. The normalized spacial score (nSPS) is 16.4. The molecule has 1 aromatic carbocycles. The van der Waals surface area contributed by atoms with Crippen LogP contribution in [0.4, 0.5) is 0 Å². The van der Waals surface area contributed by atoms with E-state index in [2.05, 4.69) is 0 Å². The number of carbonyl (C=O) groups excluding carboxylic acids is 2. The Morgan fingerprint density at radius 1 is 0.931 bits per heavy atom. The lowest BCUT2D eigenvalue weighted by atomic mass is 9.97. The Labute approximate surface area is 170 Å². The summed E-state index contributed by atoms with van der Waals surface area (Å²) in [5.41, 5.74) is 17.9. The standard InChI is InChI=1S/C20H31N3O6/c1-10(2)16(22)20(27)29-14-7-5-13(6-8-14)9-15(21)19(26)28-12(4)11(3)17(23)18(24)25/h5-8,10-12,15-17H,9,21-23H2,1-4H3,(H,24,25)/t11-,12?,15+,16?,17-/m0/s1. The van der Waals surface area contributed by atoms with Crippen LogP contribution >= 0.6 is 0 Å². The molecule has 5 atom stereocenters. The van der Waals surface area contributed by atoms with Gasteiger partial charge in [0.15, 0.2) is 0 Å². The summed E-state index contributed by atoms with van der Waals surface area (Å²) in [5, 5.41) is 8.95. The molecule has 0 radical (unpaired) electrons. The Bertz CT molecular complexity index is 707. The van der Waals surface area contributed by atoms with E-state index in [1.165, 1.54) is 0 Å². The number of nitrogens with two attached hydrogens (primary N) is 3. The topological polar surface area (TPSA) is 168 Å². The molecule has 0 saturated heterocycles. The first-order valence-corrected chi connectivity index (χ1v) is 9.44. The predicted molar refractivity (Wildman–Crippen MR) is 107 cm³/mol. The molecule has 7 N–H and O–H groups in total. The van der Waals surface area contributed by atoms with Crippen molar-refractivity contribution in [1.29, 1.82) is 0 Å². The zero-order valence-electron chi connectivity index (χ0n) is 17.2. The van der Waals surface area contributed by atoms with Crippen LogP contribution in [-0.2, 0) is 25.5 Å². The number of esters is 2. The average Bonchev–Trinajstić information content (AvgIpc) is 2.67. The first-order chi connectivity index (χ1) is 13.4. The van der Waals surface area contributed by atoms with Crippen LogP contribution in [0.3, 0.4) is 0 Å². The maximum atomic E-state index is 12.2. The number of hydrogen-bond acceptors (Lipinski definition) is 8. The van der Waals surface area contributed by atoms with E-state index in [9.17, 15) is 14.4 Å². The van der Waals surface area contributed by atoms with Crippen LogP contribution in [0.2, 0.25) is 0 Å². The van der Waals surface area contributed by atoms with Gasteiger partial charge in [0.25, 0.3) is 0 Å². The Balaban J connectivity index is 2.61. The smallest absolute Gasteiger partial charge is 0.328 e. The molecule has 2 unspecified atom stereocenters. The molecule has 162 valence electrons. The largest absolute Gasteiger partial charge is 0.480 e. The van der Waals surface area contributed by atoms with Gasteiger partial charge >= 0.3 is 17.9 Å². The Morgan fingerprint density at radius 2 is 1.48 bits per heavy atom. The van der Waals surface area contributed by atoms with Gasteiger partial charge in [-0.25, -0.2) is 4.79 Å². The zero-order valence-corrected chi connectivity index (χ0v) is 17.2. The molecule has 0 heterocycles. The molecule has 0 spiro atoms. The summed E-state index contributed by atoms with van der Waals surface area (Å²) in [5.74, 6) is -2.61. The van der Waals surface area contributed by atoms with E-state index in [0.717, 1.165) is 5.56 Å². The van der Waals surface area contributed by atoms with E-state index in [4.69, 9.17) is 31.8 Å². The van der Waals surface area contributed by atoms with Crippen molar-refractivity contribution in [2.24, 2.45) is 29.0 Å². The summed E-state index contributed by atoms with van der Waals surface area (Å²) in [6, 6.07) is 3.76. The summed E-state index contributed by atoms with van der Waals surface area (Å²) in [4.78, 5) is 35.0. The molecule has 0 amide bonds. The molecule has 1 rings (SSSR count). The molecule has 0 aliphatic heterocycles. The molecule has 29 heavy (non-hydrogen) atoms. The van der Waals surface area contributed by atoms with Crippen molar-refractivity contribution in [1.82, 2.24) is 0 Å². The number of carboxylic acids is 1. The lowest BCUT2D eigenvalue weighted by molar-refractivity contribution is -0.155. The van der Waals surface area contributed by atoms with Crippen molar-refractivity contribution < 1.29 is 29.0 Å². The summed E-state index contributed by atoms with van der Waals surface area (Å²) < 4.78 is 10.5. The summed E-state index contributed by atoms with van der Waals surface area (Å²) in [6.45, 7) is 6.81. The van der Waals surface area contributed by atoms with Gasteiger partial charge in [-0.2, -0.15) is 0 Å². The van der Waals surface area contributed by atoms with E-state index >= 15 is 0 Å². The third-order valence-electron chi connectivity index (χ3n) is 4.78. The lowest BCUT2D eigenvalue weighted by Crippen LogP contribution is -2.44. The number of hydrogen-bond donors (Lipinski definition) is 4. The van der Waals surface area contributed by atoms with E-state index in [-0.39, 0.29) is 12.3 Å². The third-order valence-corrected chi connectivity index (χ3v) is 4.78. The van der Waals surface area contributed by atoms with E-state index in [1.807, 2.05) is 13.8 Å². The monoisotopic (exact) mass is 409 g/mol. The fraction of sp³-hybridized carbons (Fsp3) is 0.550. The van der Waals surface area contributed by atoms with Crippen molar-refractivity contribution in [2.75, 3.05) is 0 Å². The molecule has 0 fully saturated rings. The average molecular weight is 409 g/mol. The van der Waals surface area contributed by atoms with Gasteiger partial charge in [0, 0.05) is 5.92 Å². The quantitative estimate of drug-likeness (QED) is 0.316. The minimum absolute atomic E-state index is 0.0408. The third kappa shape index (κ3) is 7.45. The molecule has 0 aliphatic rings. The molecule has 0 aromatic heterocycles. The minimum Gasteiger partial charge on any atom is -0.480 e. The number of benzene rings is 1. The first-order valence-electron chi connectivity index (χ1n) is 9.44. The molecule has 9 nitrogen and oxygen atoms in total. The van der Waals surface area contributed by atoms with Crippen LogP contribution in [-0.4, -0.2) is 47.2 Å². The number of carboxylic acid groups (broad SMARTS) is 1. The van der Waals surface area contributed by atoms with Crippen LogP contribution in [0.1, 0.15) is 33.3 Å². The maximum absolute atomic E-state index is 12.2. The lowest BCUT2D eigenvalue weighted by Gasteiger charge is -2.24. The van der Waals surface area contributed by atoms with E-state index in [1.54, 1.807) is 38.1 Å². The Hall–Kier alpha value is -2.49. The molecule has 0 saturated carbocycles. The number of ether oxygens (including phenoxy) is 2. The highest BCUT2D eigenvalue weighted by atomic mass is 16.5. The van der Waals surface area contributed by atoms with Crippen molar-refractivity contribution in [2.45, 2.75) is 58.3 Å². The summed E-state index contributed by atoms with van der Waals surface area (Å²) in [6.07, 6.45) is -0.503. The van der Waals surface area contributed by atoms with Crippen LogP contribution in [0.25, 0.3) is 0 Å². The van der Waals surface area contributed by atoms with E-state index in [0.29, 0.717) is 5.75 Å². The van der Waals surface area contributed by atoms with Crippen molar-refractivity contribution in [3.8, 4) is 5.75 Å². The van der Waals surface area contributed by atoms with Crippen molar-refractivity contribution >= 4 is 17.9 Å². The Morgan fingerprint density at radius 3 is 1.97 bits per heavy atom. The van der Waals surface area contributed by atoms with Crippen LogP contribution < -0.4 is 21.9 Å². The maximum Gasteiger partial charge on any atom is 0.328 e. The first kappa shape index (κ1) is 24.5. The Kier molecular flexibility index (Phi) is 9.22. The second-order valence-corrected chi connectivity index (χ2v) is 7.51. The summed E-state index contributed by atoms with van der Waals surface area (Å²) >= 11 is 0. The van der Waals surface area contributed by atoms with Gasteiger partial charge in [0.1, 0.15) is 30.0 Å². The highest BCUT2D eigenvalue weighted by Crippen LogP contribution is 2.16. The zero-order chi connectivity index (χ0) is 22.3. The molecule has 9 heteroatoms. The molecular formula is C20H31N3O6. The van der Waals surface area contributed by atoms with Gasteiger partial charge in [-0.15, -0.1) is 0 Å². The second-order valence-electron chi connectivity index (χ2n) is 7.51. The van der Waals surface area contributed by atoms with Gasteiger partial charge in [0.05, 0.1) is 0 Å². The molecule has 0 bridgehead atoms. The molecule has 1 aromatic rings. The van der Waals surface area contributed by atoms with Crippen LogP contribution in [0.5, 0.6) is 5.75 Å². The van der Waals surface area contributed by atoms with Crippen molar-refractivity contribution in [3.63, 3.8) is 0 Å². The molecular weight excluding hydrogens is 378 g/mol.